The SMILES string of the molecule is CCc1cccc2c(OC(=O)C3CC=C(C)CC3C(=O)O)c3c(CC)cccc3c(OC(=O)C3CC=C(C)CC3C(=O)O)c12. The molecule has 4 unspecified atom stereocenters. The van der Waals surface area contributed by atoms with Gasteiger partial charge >= 0.3 is 23.9 Å². The van der Waals surface area contributed by atoms with Gasteiger partial charge in [0.25, 0.3) is 0 Å². The first-order chi connectivity index (χ1) is 21.0. The maximum Gasteiger partial charge on any atom is 0.315 e. The Kier molecular flexibility index (Phi) is 8.90. The first kappa shape index (κ1) is 31.0. The number of aryl methyl sites for hydroxylation is 2. The van der Waals surface area contributed by atoms with Crippen LogP contribution in [0, 0.1) is 23.7 Å². The van der Waals surface area contributed by atoms with Crippen molar-refractivity contribution in [2.75, 3.05) is 0 Å². The molecule has 0 aliphatic heterocycles. The lowest BCUT2D eigenvalue weighted by Crippen LogP contribution is -2.35. The maximum atomic E-state index is 13.8. The largest absolute Gasteiger partial charge is 0.481 e. The zero-order chi connectivity index (χ0) is 31.7. The lowest BCUT2D eigenvalue weighted by atomic mass is 9.80. The molecular formula is C36H38O8. The summed E-state index contributed by atoms with van der Waals surface area (Å²) in [6.07, 6.45) is 6.06. The van der Waals surface area contributed by atoms with Gasteiger partial charge in [-0.1, -0.05) is 73.5 Å². The van der Waals surface area contributed by atoms with Crippen LogP contribution in [0.2, 0.25) is 0 Å². The van der Waals surface area contributed by atoms with Gasteiger partial charge in [0.2, 0.25) is 0 Å². The molecule has 4 atom stereocenters. The number of fused-ring (bicyclic) bond motifs is 2. The highest BCUT2D eigenvalue weighted by molar-refractivity contribution is 6.15. The Labute approximate surface area is 256 Å². The number of allylic oxidation sites excluding steroid dienone is 4. The fourth-order valence-electron chi connectivity index (χ4n) is 6.71. The number of ether oxygens (including phenoxy) is 2. The van der Waals surface area contributed by atoms with E-state index in [2.05, 4.69) is 0 Å². The Morgan fingerprint density at radius 3 is 1.39 bits per heavy atom. The van der Waals surface area contributed by atoms with Gasteiger partial charge in [-0.15, -0.1) is 0 Å². The molecule has 0 bridgehead atoms. The second-order valence-electron chi connectivity index (χ2n) is 12.0. The molecule has 5 rings (SSSR count). The van der Waals surface area contributed by atoms with Crippen LogP contribution in [0.3, 0.4) is 0 Å². The molecule has 230 valence electrons. The molecule has 0 heterocycles. The molecule has 0 saturated carbocycles. The summed E-state index contributed by atoms with van der Waals surface area (Å²) in [4.78, 5) is 51.8. The van der Waals surface area contributed by atoms with Gasteiger partial charge in [0, 0.05) is 21.5 Å². The van der Waals surface area contributed by atoms with E-state index >= 15 is 0 Å². The number of esters is 2. The third kappa shape index (κ3) is 5.73. The van der Waals surface area contributed by atoms with Crippen molar-refractivity contribution in [2.24, 2.45) is 23.7 Å². The number of carbonyl (C=O) groups excluding carboxylic acids is 2. The van der Waals surface area contributed by atoms with E-state index in [4.69, 9.17) is 9.47 Å². The van der Waals surface area contributed by atoms with Crippen molar-refractivity contribution >= 4 is 45.4 Å². The molecule has 8 nitrogen and oxygen atoms in total. The van der Waals surface area contributed by atoms with E-state index < -0.39 is 47.5 Å². The van der Waals surface area contributed by atoms with E-state index in [1.54, 1.807) is 0 Å². The third-order valence-corrected chi connectivity index (χ3v) is 9.15. The second kappa shape index (κ2) is 12.6. The van der Waals surface area contributed by atoms with Crippen LogP contribution in [-0.4, -0.2) is 34.1 Å². The fraction of sp³-hybridized carbons (Fsp3) is 0.389. The molecule has 0 saturated heterocycles. The summed E-state index contributed by atoms with van der Waals surface area (Å²) in [5, 5.41) is 22.2. The minimum absolute atomic E-state index is 0.272. The van der Waals surface area contributed by atoms with Gasteiger partial charge in [-0.3, -0.25) is 19.2 Å². The summed E-state index contributed by atoms with van der Waals surface area (Å²) in [7, 11) is 0. The molecule has 3 aromatic carbocycles. The van der Waals surface area contributed by atoms with E-state index in [0.717, 1.165) is 22.3 Å². The molecule has 3 aromatic rings. The number of carboxylic acid groups (broad SMARTS) is 2. The number of carbonyl (C=O) groups is 4. The minimum atomic E-state index is -1.04. The van der Waals surface area contributed by atoms with Gasteiger partial charge in [-0.05, 0) is 63.5 Å². The highest BCUT2D eigenvalue weighted by Crippen LogP contribution is 2.47. The molecule has 0 fully saturated rings. The summed E-state index contributed by atoms with van der Waals surface area (Å²) in [6.45, 7) is 7.67. The van der Waals surface area contributed by atoms with Crippen molar-refractivity contribution in [3.63, 3.8) is 0 Å². The first-order valence-corrected chi connectivity index (χ1v) is 15.2. The molecule has 0 amide bonds. The van der Waals surface area contributed by atoms with Gasteiger partial charge < -0.3 is 19.7 Å². The van der Waals surface area contributed by atoms with Crippen LogP contribution in [0.15, 0.2) is 59.7 Å². The van der Waals surface area contributed by atoms with E-state index in [1.807, 2.05) is 76.2 Å². The van der Waals surface area contributed by atoms with E-state index in [-0.39, 0.29) is 25.7 Å². The number of carboxylic acids is 2. The van der Waals surface area contributed by atoms with Crippen LogP contribution in [0.4, 0.5) is 0 Å². The summed E-state index contributed by atoms with van der Waals surface area (Å²) in [5.41, 5.74) is 3.58. The molecule has 0 radical (unpaired) electrons. The van der Waals surface area contributed by atoms with Crippen molar-refractivity contribution in [2.45, 2.75) is 66.2 Å². The molecule has 2 N–H and O–H groups in total. The van der Waals surface area contributed by atoms with Crippen molar-refractivity contribution in [1.29, 1.82) is 0 Å². The zero-order valence-corrected chi connectivity index (χ0v) is 25.5. The topological polar surface area (TPSA) is 127 Å². The number of hydrogen-bond acceptors (Lipinski definition) is 6. The Morgan fingerprint density at radius 1 is 0.659 bits per heavy atom. The Bertz CT molecular complexity index is 1600. The molecule has 0 spiro atoms. The van der Waals surface area contributed by atoms with Crippen molar-refractivity contribution < 1.29 is 38.9 Å². The summed E-state index contributed by atoms with van der Waals surface area (Å²) >= 11 is 0. The smallest absolute Gasteiger partial charge is 0.315 e. The average Bonchev–Trinajstić information content (AvgIpc) is 3.01. The van der Waals surface area contributed by atoms with Crippen LogP contribution in [0.5, 0.6) is 11.5 Å². The van der Waals surface area contributed by atoms with E-state index in [0.29, 0.717) is 45.9 Å². The number of benzene rings is 3. The number of aliphatic carboxylic acids is 2. The predicted octanol–water partition coefficient (Wildman–Crippen LogP) is 7.04. The number of rotatable bonds is 8. The van der Waals surface area contributed by atoms with Crippen LogP contribution in [0.1, 0.15) is 64.5 Å². The quantitative estimate of drug-likeness (QED) is 0.122. The summed E-state index contributed by atoms with van der Waals surface area (Å²) in [6, 6.07) is 11.2. The normalized spacial score (nSPS) is 21.8. The van der Waals surface area contributed by atoms with Crippen LogP contribution in [-0.2, 0) is 32.0 Å². The van der Waals surface area contributed by atoms with Gasteiger partial charge in [0.15, 0.2) is 0 Å². The molecule has 2 aliphatic rings. The molecule has 2 aliphatic carbocycles. The lowest BCUT2D eigenvalue weighted by Gasteiger charge is -2.28. The Hall–Kier alpha value is -4.46. The first-order valence-electron chi connectivity index (χ1n) is 15.2. The van der Waals surface area contributed by atoms with Crippen LogP contribution >= 0.6 is 0 Å². The lowest BCUT2D eigenvalue weighted by molar-refractivity contribution is -0.152. The summed E-state index contributed by atoms with van der Waals surface area (Å²) in [5.74, 6) is -6.17. The van der Waals surface area contributed by atoms with Crippen molar-refractivity contribution in [3.8, 4) is 11.5 Å². The van der Waals surface area contributed by atoms with Gasteiger partial charge in [-0.25, -0.2) is 0 Å². The number of hydrogen-bond donors (Lipinski definition) is 2. The van der Waals surface area contributed by atoms with Gasteiger partial charge in [-0.2, -0.15) is 0 Å². The van der Waals surface area contributed by atoms with E-state index in [9.17, 15) is 29.4 Å². The minimum Gasteiger partial charge on any atom is -0.481 e. The summed E-state index contributed by atoms with van der Waals surface area (Å²) < 4.78 is 12.4. The second-order valence-corrected chi connectivity index (χ2v) is 12.0. The standard InChI is InChI=1S/C36H38O8/c1-5-21-9-7-11-25-29(21)31(43-35(41)23-15-13-19(3)17-27(23)33(37)38)26-12-8-10-22(6-2)30(26)32(25)44-36(42)24-16-14-20(4)18-28(24)34(39)40/h7-14,23-24,27-28H,5-6,15-18H2,1-4H3,(H,37,38)(H,39,40). The molecule has 44 heavy (non-hydrogen) atoms. The average molecular weight is 599 g/mol. The Balaban J connectivity index is 1.69. The maximum absolute atomic E-state index is 13.8. The van der Waals surface area contributed by atoms with Crippen LogP contribution < -0.4 is 9.47 Å². The monoisotopic (exact) mass is 598 g/mol. The molecular weight excluding hydrogens is 560 g/mol. The van der Waals surface area contributed by atoms with Gasteiger partial charge in [0.1, 0.15) is 11.5 Å². The van der Waals surface area contributed by atoms with Gasteiger partial charge in [0.05, 0.1) is 23.7 Å². The van der Waals surface area contributed by atoms with Crippen molar-refractivity contribution in [1.82, 2.24) is 0 Å². The highest BCUT2D eigenvalue weighted by Gasteiger charge is 2.39. The predicted molar refractivity (Wildman–Crippen MR) is 167 cm³/mol. The fourth-order valence-corrected chi connectivity index (χ4v) is 6.71. The molecule has 0 aromatic heterocycles. The molecule has 8 heteroatoms. The van der Waals surface area contributed by atoms with Crippen LogP contribution in [0.25, 0.3) is 21.5 Å². The van der Waals surface area contributed by atoms with Crippen molar-refractivity contribution in [3.05, 3.63) is 70.8 Å². The zero-order valence-electron chi connectivity index (χ0n) is 25.5. The third-order valence-electron chi connectivity index (χ3n) is 9.15. The Morgan fingerprint density at radius 2 is 1.05 bits per heavy atom. The van der Waals surface area contributed by atoms with E-state index in [1.165, 1.54) is 0 Å². The highest BCUT2D eigenvalue weighted by atomic mass is 16.5.